The molecule has 2 aromatic rings. The minimum Gasteiger partial charge on any atom is -0.274 e. The highest BCUT2D eigenvalue weighted by Gasteiger charge is 2.26. The van der Waals surface area contributed by atoms with Gasteiger partial charge in [0.05, 0.1) is 6.04 Å². The van der Waals surface area contributed by atoms with Crippen molar-refractivity contribution in [3.05, 3.63) is 52.8 Å². The van der Waals surface area contributed by atoms with Gasteiger partial charge in [-0.2, -0.15) is 5.10 Å². The molecule has 3 nitrogen and oxygen atoms in total. The topological polar surface area (TPSA) is 34.9 Å². The maximum Gasteiger partial charge on any atom is 0.273 e. The Balaban J connectivity index is 2.08. The van der Waals surface area contributed by atoms with Crippen molar-refractivity contribution in [2.24, 2.45) is 0 Å². The summed E-state index contributed by atoms with van der Waals surface area (Å²) in [6, 6.07) is 10.3. The first kappa shape index (κ1) is 13.4. The Morgan fingerprint density at radius 1 is 1.25 bits per heavy atom. The van der Waals surface area contributed by atoms with Crippen LogP contribution in [0.1, 0.15) is 53.1 Å². The minimum absolute atomic E-state index is 0.118. The summed E-state index contributed by atoms with van der Waals surface area (Å²) in [4.78, 5) is 11.6. The van der Waals surface area contributed by atoms with E-state index in [9.17, 15) is 4.79 Å². The van der Waals surface area contributed by atoms with Crippen LogP contribution >= 0.6 is 11.6 Å². The molecule has 1 aromatic heterocycles. The first-order valence-corrected chi connectivity index (χ1v) is 7.41. The highest BCUT2D eigenvalue weighted by atomic mass is 35.5. The first-order chi connectivity index (χ1) is 9.68. The van der Waals surface area contributed by atoms with Crippen LogP contribution in [0.2, 0.25) is 0 Å². The normalized spacial score (nSPS) is 15.7. The molecule has 1 aliphatic carbocycles. The van der Waals surface area contributed by atoms with Gasteiger partial charge in [0, 0.05) is 11.3 Å². The summed E-state index contributed by atoms with van der Waals surface area (Å²) in [5.74, 6) is 0. The largest absolute Gasteiger partial charge is 0.274 e. The van der Waals surface area contributed by atoms with Crippen molar-refractivity contribution in [3.8, 4) is 0 Å². The van der Waals surface area contributed by atoms with Crippen molar-refractivity contribution >= 4 is 16.8 Å². The summed E-state index contributed by atoms with van der Waals surface area (Å²) in [5, 5.41) is 4.06. The summed E-state index contributed by atoms with van der Waals surface area (Å²) in [6.07, 6.45) is 4.14. The number of rotatable bonds is 3. The molecule has 1 aliphatic rings. The Hall–Kier alpha value is -1.61. The Morgan fingerprint density at radius 3 is 2.65 bits per heavy atom. The Labute approximate surface area is 123 Å². The zero-order chi connectivity index (χ0) is 14.1. The van der Waals surface area contributed by atoms with Crippen LogP contribution in [0.5, 0.6) is 0 Å². The van der Waals surface area contributed by atoms with E-state index in [2.05, 4.69) is 24.2 Å². The maximum atomic E-state index is 11.6. The average molecular weight is 289 g/mol. The predicted octanol–water partition coefficient (Wildman–Crippen LogP) is 3.75. The van der Waals surface area contributed by atoms with Crippen LogP contribution in [0, 0.1) is 0 Å². The number of halogens is 1. The van der Waals surface area contributed by atoms with Crippen molar-refractivity contribution in [1.82, 2.24) is 9.78 Å². The van der Waals surface area contributed by atoms with Gasteiger partial charge in [-0.05, 0) is 49.8 Å². The van der Waals surface area contributed by atoms with Gasteiger partial charge in [0.2, 0.25) is 0 Å². The van der Waals surface area contributed by atoms with Gasteiger partial charge in [-0.15, -0.1) is 0 Å². The molecule has 104 valence electrons. The fourth-order valence-electron chi connectivity index (χ4n) is 2.98. The monoisotopic (exact) mass is 288 g/mol. The molecule has 4 heteroatoms. The SMILES string of the molecule is CC(c1ccccc1)n1nc(C(=O)Cl)c2c1CCCC2. The van der Waals surface area contributed by atoms with E-state index in [1.165, 1.54) is 11.3 Å². The van der Waals surface area contributed by atoms with E-state index in [0.717, 1.165) is 31.2 Å². The Kier molecular flexibility index (Phi) is 3.62. The van der Waals surface area contributed by atoms with E-state index in [4.69, 9.17) is 11.6 Å². The minimum atomic E-state index is -0.442. The zero-order valence-electron chi connectivity index (χ0n) is 11.5. The number of benzene rings is 1. The zero-order valence-corrected chi connectivity index (χ0v) is 12.2. The van der Waals surface area contributed by atoms with Gasteiger partial charge in [0.1, 0.15) is 5.69 Å². The molecule has 0 N–H and O–H groups in total. The summed E-state index contributed by atoms with van der Waals surface area (Å²) >= 11 is 5.69. The average Bonchev–Trinajstić information content (AvgIpc) is 2.87. The summed E-state index contributed by atoms with van der Waals surface area (Å²) in [6.45, 7) is 2.11. The highest BCUT2D eigenvalue weighted by Crippen LogP contribution is 2.29. The lowest BCUT2D eigenvalue weighted by atomic mass is 9.95. The number of carbonyl (C=O) groups is 1. The molecule has 0 spiro atoms. The lowest BCUT2D eigenvalue weighted by molar-refractivity contribution is 0.107. The maximum absolute atomic E-state index is 11.6. The molecule has 0 amide bonds. The third-order valence-corrected chi connectivity index (χ3v) is 4.22. The number of fused-ring (bicyclic) bond motifs is 1. The molecule has 0 aliphatic heterocycles. The third-order valence-electron chi connectivity index (χ3n) is 4.04. The molecule has 1 aromatic carbocycles. The summed E-state index contributed by atoms with van der Waals surface area (Å²) < 4.78 is 1.99. The van der Waals surface area contributed by atoms with Crippen molar-refractivity contribution in [2.75, 3.05) is 0 Å². The van der Waals surface area contributed by atoms with Crippen LogP contribution in [0.4, 0.5) is 0 Å². The number of carbonyl (C=O) groups excluding carboxylic acids is 1. The van der Waals surface area contributed by atoms with Gasteiger partial charge in [0.15, 0.2) is 0 Å². The molecule has 1 heterocycles. The van der Waals surface area contributed by atoms with Crippen molar-refractivity contribution in [1.29, 1.82) is 0 Å². The predicted molar refractivity (Wildman–Crippen MR) is 79.3 cm³/mol. The Morgan fingerprint density at radius 2 is 1.95 bits per heavy atom. The molecule has 1 unspecified atom stereocenters. The molecule has 0 fully saturated rings. The molecule has 3 rings (SSSR count). The van der Waals surface area contributed by atoms with Gasteiger partial charge in [-0.25, -0.2) is 0 Å². The molecular weight excluding hydrogens is 272 g/mol. The lowest BCUT2D eigenvalue weighted by Gasteiger charge is -2.19. The summed E-state index contributed by atoms with van der Waals surface area (Å²) in [5.41, 5.74) is 3.87. The fraction of sp³-hybridized carbons (Fsp3) is 0.375. The van der Waals surface area contributed by atoms with Crippen LogP contribution < -0.4 is 0 Å². The second-order valence-electron chi connectivity index (χ2n) is 5.29. The fourth-order valence-corrected chi connectivity index (χ4v) is 3.13. The first-order valence-electron chi connectivity index (χ1n) is 7.03. The van der Waals surface area contributed by atoms with Crippen molar-refractivity contribution in [3.63, 3.8) is 0 Å². The van der Waals surface area contributed by atoms with Gasteiger partial charge < -0.3 is 0 Å². The molecule has 20 heavy (non-hydrogen) atoms. The van der Waals surface area contributed by atoms with Gasteiger partial charge >= 0.3 is 0 Å². The van der Waals surface area contributed by atoms with Crippen LogP contribution in [-0.2, 0) is 12.8 Å². The number of nitrogens with zero attached hydrogens (tertiary/aromatic N) is 2. The van der Waals surface area contributed by atoms with Crippen LogP contribution in [0.25, 0.3) is 0 Å². The molecule has 0 bridgehead atoms. The van der Waals surface area contributed by atoms with E-state index in [-0.39, 0.29) is 6.04 Å². The molecule has 1 atom stereocenters. The van der Waals surface area contributed by atoms with Crippen LogP contribution in [0.15, 0.2) is 30.3 Å². The van der Waals surface area contributed by atoms with E-state index < -0.39 is 5.24 Å². The van der Waals surface area contributed by atoms with E-state index >= 15 is 0 Å². The standard InChI is InChI=1S/C16H17ClN2O/c1-11(12-7-3-2-4-8-12)19-14-10-6-5-9-13(14)15(18-19)16(17)20/h2-4,7-8,11H,5-6,9-10H2,1H3. The summed E-state index contributed by atoms with van der Waals surface area (Å²) in [7, 11) is 0. The number of hydrogen-bond donors (Lipinski definition) is 0. The highest BCUT2D eigenvalue weighted by molar-refractivity contribution is 6.67. The van der Waals surface area contributed by atoms with Crippen LogP contribution in [0.3, 0.4) is 0 Å². The quantitative estimate of drug-likeness (QED) is 0.806. The van der Waals surface area contributed by atoms with Crippen molar-refractivity contribution in [2.45, 2.75) is 38.6 Å². The van der Waals surface area contributed by atoms with Gasteiger partial charge in [0.25, 0.3) is 5.24 Å². The van der Waals surface area contributed by atoms with Gasteiger partial charge in [-0.3, -0.25) is 9.48 Å². The van der Waals surface area contributed by atoms with Gasteiger partial charge in [-0.1, -0.05) is 30.3 Å². The smallest absolute Gasteiger partial charge is 0.273 e. The Bertz CT molecular complexity index is 633. The van der Waals surface area contributed by atoms with E-state index in [1.807, 2.05) is 22.9 Å². The molecular formula is C16H17ClN2O. The second-order valence-corrected chi connectivity index (χ2v) is 5.63. The third kappa shape index (κ3) is 2.27. The van der Waals surface area contributed by atoms with E-state index in [1.54, 1.807) is 0 Å². The number of hydrogen-bond acceptors (Lipinski definition) is 2. The molecule has 0 radical (unpaired) electrons. The van der Waals surface area contributed by atoms with E-state index in [0.29, 0.717) is 5.69 Å². The number of aromatic nitrogens is 2. The van der Waals surface area contributed by atoms with Crippen LogP contribution in [-0.4, -0.2) is 15.0 Å². The molecule has 0 saturated heterocycles. The molecule has 0 saturated carbocycles. The van der Waals surface area contributed by atoms with Crippen molar-refractivity contribution < 1.29 is 4.79 Å². The second kappa shape index (κ2) is 5.41. The lowest BCUT2D eigenvalue weighted by Crippen LogP contribution is -2.14.